The molecule has 0 bridgehead atoms. The topological polar surface area (TPSA) is 0 Å². The van der Waals surface area contributed by atoms with Gasteiger partial charge in [0.1, 0.15) is 0 Å². The molecule has 60 valence electrons. The maximum atomic E-state index is 2.34. The molecule has 0 saturated heterocycles. The summed E-state index contributed by atoms with van der Waals surface area (Å²) >= 11 is 0. The van der Waals surface area contributed by atoms with E-state index in [2.05, 4.69) is 20.8 Å². The van der Waals surface area contributed by atoms with E-state index in [9.17, 15) is 0 Å². The molecular weight excluding hydrogens is 96.1 g/mol. The van der Waals surface area contributed by atoms with Gasteiger partial charge in [0.05, 0.1) is 0 Å². The molecule has 0 aromatic carbocycles. The zero-order chi connectivity index (χ0) is 6.41. The molecule has 8 heavy (non-hydrogen) atoms. The van der Waals surface area contributed by atoms with Gasteiger partial charge in [-0.15, -0.1) is 0 Å². The van der Waals surface area contributed by atoms with E-state index in [1.54, 1.807) is 0 Å². The standard InChI is InChI=1S/C8H18.5H2/c1-4-6-8(3)7-5-2;;;;;/h8H,4-7H2,1-3H3;5*1H. The number of hydrogen-bond donors (Lipinski definition) is 0. The second kappa shape index (κ2) is 5.14. The van der Waals surface area contributed by atoms with Crippen LogP contribution >= 0.6 is 0 Å². The Morgan fingerprint density at radius 3 is 1.75 bits per heavy atom. The maximum absolute atomic E-state index is 2.34. The Bertz CT molecular complexity index is 45.8. The molecule has 0 atom stereocenters. The van der Waals surface area contributed by atoms with Crippen molar-refractivity contribution in [3.63, 3.8) is 0 Å². The first-order valence-corrected chi connectivity index (χ1v) is 3.81. The summed E-state index contributed by atoms with van der Waals surface area (Å²) in [6.45, 7) is 6.85. The highest BCUT2D eigenvalue weighted by atomic mass is 14.0. The fourth-order valence-corrected chi connectivity index (χ4v) is 1.13. The summed E-state index contributed by atoms with van der Waals surface area (Å²) in [5.74, 6) is 0.963. The summed E-state index contributed by atoms with van der Waals surface area (Å²) in [6, 6.07) is 0. The third-order valence-corrected chi connectivity index (χ3v) is 1.56. The molecule has 0 unspecified atom stereocenters. The first-order chi connectivity index (χ1) is 3.81. The molecule has 0 radical (unpaired) electrons. The Kier molecular flexibility index (Phi) is 5.14. The maximum Gasteiger partial charge on any atom is 0 e. The molecule has 0 aliphatic rings. The van der Waals surface area contributed by atoms with Crippen molar-refractivity contribution in [2.45, 2.75) is 46.5 Å². The number of rotatable bonds is 4. The predicted octanol–water partition coefficient (Wildman–Crippen LogP) is 4.45. The molecule has 0 fully saturated rings. The van der Waals surface area contributed by atoms with Gasteiger partial charge in [-0.1, -0.05) is 46.5 Å². The average Bonchev–Trinajstić information content (AvgIpc) is 1.68. The monoisotopic (exact) mass is 124 g/mol. The van der Waals surface area contributed by atoms with Crippen LogP contribution in [-0.2, 0) is 0 Å². The Morgan fingerprint density at radius 1 is 1.12 bits per heavy atom. The summed E-state index contributed by atoms with van der Waals surface area (Å²) in [5.41, 5.74) is 0. The fraction of sp³-hybridized carbons (Fsp3) is 1.00. The van der Waals surface area contributed by atoms with Crippen LogP contribution in [0.5, 0.6) is 0 Å². The number of hydrogen-bond acceptors (Lipinski definition) is 0. The van der Waals surface area contributed by atoms with Gasteiger partial charge in [-0.3, -0.25) is 0 Å². The summed E-state index contributed by atoms with van der Waals surface area (Å²) in [4.78, 5) is 0. The minimum Gasteiger partial charge on any atom is -0.0654 e. The van der Waals surface area contributed by atoms with Crippen molar-refractivity contribution in [3.05, 3.63) is 0 Å². The molecule has 0 nitrogen and oxygen atoms in total. The fourth-order valence-electron chi connectivity index (χ4n) is 1.13. The van der Waals surface area contributed by atoms with E-state index in [1.807, 2.05) is 0 Å². The summed E-state index contributed by atoms with van der Waals surface area (Å²) < 4.78 is 0. The molecule has 0 aromatic heterocycles. The van der Waals surface area contributed by atoms with Crippen molar-refractivity contribution < 1.29 is 7.13 Å². The largest absolute Gasteiger partial charge is 0.0654 e. The van der Waals surface area contributed by atoms with Gasteiger partial charge in [0, 0.05) is 7.13 Å². The lowest BCUT2D eigenvalue weighted by molar-refractivity contribution is 0.480. The molecule has 0 aromatic rings. The van der Waals surface area contributed by atoms with Crippen molar-refractivity contribution in [3.8, 4) is 0 Å². The van der Waals surface area contributed by atoms with Gasteiger partial charge in [-0.2, -0.15) is 0 Å². The van der Waals surface area contributed by atoms with Crippen molar-refractivity contribution in [1.82, 2.24) is 0 Å². The van der Waals surface area contributed by atoms with Crippen LogP contribution in [0.1, 0.15) is 53.6 Å². The van der Waals surface area contributed by atoms with Crippen molar-refractivity contribution in [2.24, 2.45) is 5.92 Å². The summed E-state index contributed by atoms with van der Waals surface area (Å²) in [6.07, 6.45) is 5.52. The van der Waals surface area contributed by atoms with Crippen molar-refractivity contribution in [1.29, 1.82) is 0 Å². The van der Waals surface area contributed by atoms with E-state index in [1.165, 1.54) is 25.7 Å². The van der Waals surface area contributed by atoms with E-state index in [0.717, 1.165) is 5.92 Å². The Morgan fingerprint density at radius 2 is 1.50 bits per heavy atom. The van der Waals surface area contributed by atoms with Crippen LogP contribution in [-0.4, -0.2) is 0 Å². The van der Waals surface area contributed by atoms with Crippen LogP contribution in [0.15, 0.2) is 0 Å². The van der Waals surface area contributed by atoms with Crippen LogP contribution in [0, 0.1) is 5.92 Å². The molecule has 0 heterocycles. The van der Waals surface area contributed by atoms with Crippen LogP contribution in [0.4, 0.5) is 0 Å². The van der Waals surface area contributed by atoms with E-state index in [4.69, 9.17) is 0 Å². The lowest BCUT2D eigenvalue weighted by Crippen LogP contribution is -1.91. The first-order valence-electron chi connectivity index (χ1n) is 3.81. The van der Waals surface area contributed by atoms with Crippen LogP contribution in [0.25, 0.3) is 0 Å². The van der Waals surface area contributed by atoms with Gasteiger partial charge < -0.3 is 0 Å². The van der Waals surface area contributed by atoms with Gasteiger partial charge in [-0.05, 0) is 5.92 Å². The smallest absolute Gasteiger partial charge is 0 e. The molecule has 0 heteroatoms. The third kappa shape index (κ3) is 4.17. The predicted molar refractivity (Wildman–Crippen MR) is 49.6 cm³/mol. The lowest BCUT2D eigenvalue weighted by atomic mass is 10.0. The van der Waals surface area contributed by atoms with Crippen LogP contribution < -0.4 is 0 Å². The van der Waals surface area contributed by atoms with E-state index >= 15 is 0 Å². The normalized spacial score (nSPS) is 10.5. The zero-order valence-electron chi connectivity index (χ0n) is 6.41. The molecular formula is C8H28. The first kappa shape index (κ1) is 8.00. The van der Waals surface area contributed by atoms with Crippen LogP contribution in [0.2, 0.25) is 0 Å². The minimum absolute atomic E-state index is 0. The van der Waals surface area contributed by atoms with E-state index in [-0.39, 0.29) is 7.13 Å². The Labute approximate surface area is 60.7 Å². The zero-order valence-corrected chi connectivity index (χ0v) is 6.41. The molecule has 0 N–H and O–H groups in total. The lowest BCUT2D eigenvalue weighted by Gasteiger charge is -2.05. The van der Waals surface area contributed by atoms with Gasteiger partial charge in [0.15, 0.2) is 0 Å². The highest BCUT2D eigenvalue weighted by Crippen LogP contribution is 2.10. The average molecular weight is 124 g/mol. The van der Waals surface area contributed by atoms with Crippen molar-refractivity contribution in [2.75, 3.05) is 0 Å². The van der Waals surface area contributed by atoms with Crippen molar-refractivity contribution >= 4 is 0 Å². The molecule has 0 rings (SSSR count). The molecule has 0 aliphatic heterocycles. The van der Waals surface area contributed by atoms with Crippen LogP contribution in [0.3, 0.4) is 0 Å². The summed E-state index contributed by atoms with van der Waals surface area (Å²) in [7, 11) is 0. The van der Waals surface area contributed by atoms with Gasteiger partial charge >= 0.3 is 0 Å². The highest BCUT2D eigenvalue weighted by Gasteiger charge is 1.95. The second-order valence-electron chi connectivity index (χ2n) is 2.68. The van der Waals surface area contributed by atoms with Gasteiger partial charge in [-0.25, -0.2) is 0 Å². The molecule has 0 aliphatic carbocycles. The quantitative estimate of drug-likeness (QED) is 0.519. The van der Waals surface area contributed by atoms with E-state index in [0.29, 0.717) is 0 Å². The van der Waals surface area contributed by atoms with Gasteiger partial charge in [0.2, 0.25) is 0 Å². The Hall–Kier alpha value is 0. The molecule has 0 saturated carbocycles. The second-order valence-corrected chi connectivity index (χ2v) is 2.68. The third-order valence-electron chi connectivity index (χ3n) is 1.56. The molecule has 0 amide bonds. The van der Waals surface area contributed by atoms with Gasteiger partial charge in [0.25, 0.3) is 0 Å². The minimum atomic E-state index is 0. The SMILES string of the molecule is CCCC(C)CCC.[HH].[HH].[HH].[HH].[HH]. The molecule has 0 spiro atoms. The Balaban J connectivity index is -0.0000000245. The van der Waals surface area contributed by atoms with E-state index < -0.39 is 0 Å². The highest BCUT2D eigenvalue weighted by molar-refractivity contribution is 4.48. The summed E-state index contributed by atoms with van der Waals surface area (Å²) in [5, 5.41) is 0.